The third-order valence-corrected chi connectivity index (χ3v) is 2.92. The molecule has 0 spiro atoms. The first-order chi connectivity index (χ1) is 8.58. The van der Waals surface area contributed by atoms with E-state index in [1.54, 1.807) is 18.3 Å². The summed E-state index contributed by atoms with van der Waals surface area (Å²) < 4.78 is 0. The van der Waals surface area contributed by atoms with E-state index in [0.29, 0.717) is 16.4 Å². The Balaban J connectivity index is 2.27. The van der Waals surface area contributed by atoms with E-state index in [4.69, 9.17) is 11.6 Å². The Morgan fingerprint density at radius 2 is 2.06 bits per heavy atom. The number of halogens is 1. The fourth-order valence-electron chi connectivity index (χ4n) is 1.65. The lowest BCUT2D eigenvalue weighted by Gasteiger charge is -2.09. The second-order valence-corrected chi connectivity index (χ2v) is 4.48. The van der Waals surface area contributed by atoms with Gasteiger partial charge in [0, 0.05) is 11.8 Å². The largest absolute Gasteiger partial charge is 0.319 e. The molecular weight excluding hydrogens is 248 g/mol. The number of hydrogen-bond donors (Lipinski definition) is 1. The van der Waals surface area contributed by atoms with Gasteiger partial charge in [-0.2, -0.15) is 0 Å². The molecular formula is C14H13ClN2O. The molecule has 2 rings (SSSR count). The summed E-state index contributed by atoms with van der Waals surface area (Å²) in [5.74, 6) is -0.184. The molecule has 0 aliphatic heterocycles. The molecule has 0 bridgehead atoms. The second-order valence-electron chi connectivity index (χ2n) is 4.12. The number of aryl methyl sites for hydroxylation is 2. The van der Waals surface area contributed by atoms with Crippen molar-refractivity contribution in [2.45, 2.75) is 13.8 Å². The molecule has 18 heavy (non-hydrogen) atoms. The first kappa shape index (κ1) is 12.6. The molecule has 0 atom stereocenters. The van der Waals surface area contributed by atoms with Gasteiger partial charge in [0.2, 0.25) is 0 Å². The highest BCUT2D eigenvalue weighted by molar-refractivity contribution is 6.32. The average molecular weight is 261 g/mol. The number of anilines is 1. The molecule has 0 saturated carbocycles. The summed E-state index contributed by atoms with van der Waals surface area (Å²) in [5.41, 5.74) is 3.09. The molecule has 0 aliphatic rings. The standard InChI is InChI=1S/C14H13ClN2O/c1-9-4-3-5-11(8-9)14(18)17-12-10(2)6-7-16-13(12)15/h3-8H,1-2H3,(H,17,18). The maximum absolute atomic E-state index is 12.1. The molecule has 1 heterocycles. The minimum atomic E-state index is -0.184. The quantitative estimate of drug-likeness (QED) is 0.839. The van der Waals surface area contributed by atoms with Gasteiger partial charge >= 0.3 is 0 Å². The lowest BCUT2D eigenvalue weighted by atomic mass is 10.1. The van der Waals surface area contributed by atoms with Crippen molar-refractivity contribution in [1.82, 2.24) is 4.98 Å². The zero-order valence-corrected chi connectivity index (χ0v) is 11.0. The summed E-state index contributed by atoms with van der Waals surface area (Å²) in [4.78, 5) is 16.0. The predicted octanol–water partition coefficient (Wildman–Crippen LogP) is 3.60. The van der Waals surface area contributed by atoms with Crippen LogP contribution in [0.15, 0.2) is 36.5 Å². The number of hydrogen-bond acceptors (Lipinski definition) is 2. The lowest BCUT2D eigenvalue weighted by Crippen LogP contribution is -2.13. The summed E-state index contributed by atoms with van der Waals surface area (Å²) in [6.45, 7) is 3.82. The molecule has 0 fully saturated rings. The molecule has 3 nitrogen and oxygen atoms in total. The van der Waals surface area contributed by atoms with Gasteiger partial charge in [-0.15, -0.1) is 0 Å². The van der Waals surface area contributed by atoms with E-state index in [9.17, 15) is 4.79 Å². The van der Waals surface area contributed by atoms with Crippen molar-refractivity contribution in [3.05, 3.63) is 58.4 Å². The molecule has 0 saturated heterocycles. The lowest BCUT2D eigenvalue weighted by molar-refractivity contribution is 0.102. The van der Waals surface area contributed by atoms with Gasteiger partial charge in [0.15, 0.2) is 5.15 Å². The smallest absolute Gasteiger partial charge is 0.255 e. The molecule has 1 aromatic heterocycles. The normalized spacial score (nSPS) is 10.2. The highest BCUT2D eigenvalue weighted by Gasteiger charge is 2.11. The van der Waals surface area contributed by atoms with Crippen LogP contribution in [0.4, 0.5) is 5.69 Å². The van der Waals surface area contributed by atoms with Crippen LogP contribution in [0.2, 0.25) is 5.15 Å². The van der Waals surface area contributed by atoms with Gasteiger partial charge in [0.1, 0.15) is 0 Å². The highest BCUT2D eigenvalue weighted by Crippen LogP contribution is 2.23. The summed E-state index contributed by atoms with van der Waals surface area (Å²) in [5, 5.41) is 3.09. The number of carbonyl (C=O) groups excluding carboxylic acids is 1. The van der Waals surface area contributed by atoms with Crippen LogP contribution in [0.5, 0.6) is 0 Å². The van der Waals surface area contributed by atoms with Gasteiger partial charge in [0.05, 0.1) is 5.69 Å². The second kappa shape index (κ2) is 5.19. The Hall–Kier alpha value is -1.87. The molecule has 92 valence electrons. The van der Waals surface area contributed by atoms with Crippen molar-refractivity contribution in [3.63, 3.8) is 0 Å². The van der Waals surface area contributed by atoms with E-state index in [1.165, 1.54) is 0 Å². The highest BCUT2D eigenvalue weighted by atomic mass is 35.5. The first-order valence-electron chi connectivity index (χ1n) is 5.57. The summed E-state index contributed by atoms with van der Waals surface area (Å²) in [6, 6.07) is 9.19. The number of nitrogens with zero attached hydrogens (tertiary/aromatic N) is 1. The van der Waals surface area contributed by atoms with E-state index < -0.39 is 0 Å². The zero-order chi connectivity index (χ0) is 13.1. The van der Waals surface area contributed by atoms with E-state index >= 15 is 0 Å². The molecule has 0 unspecified atom stereocenters. The van der Waals surface area contributed by atoms with Crippen molar-refractivity contribution < 1.29 is 4.79 Å². The van der Waals surface area contributed by atoms with Crippen LogP contribution in [0.3, 0.4) is 0 Å². The third kappa shape index (κ3) is 2.68. The van der Waals surface area contributed by atoms with Gasteiger partial charge in [0.25, 0.3) is 5.91 Å². The Morgan fingerprint density at radius 3 is 2.72 bits per heavy atom. The summed E-state index contributed by atoms with van der Waals surface area (Å²) in [6.07, 6.45) is 1.61. The van der Waals surface area contributed by atoms with Crippen molar-refractivity contribution >= 4 is 23.2 Å². The molecule has 2 aromatic rings. The van der Waals surface area contributed by atoms with E-state index in [-0.39, 0.29) is 5.91 Å². The Bertz CT molecular complexity index is 576. The van der Waals surface area contributed by atoms with Crippen molar-refractivity contribution in [2.24, 2.45) is 0 Å². The molecule has 1 N–H and O–H groups in total. The number of benzene rings is 1. The number of rotatable bonds is 2. The predicted molar refractivity (Wildman–Crippen MR) is 73.1 cm³/mol. The van der Waals surface area contributed by atoms with Crippen molar-refractivity contribution in [2.75, 3.05) is 5.32 Å². The van der Waals surface area contributed by atoms with Gasteiger partial charge in [-0.1, -0.05) is 29.3 Å². The Morgan fingerprint density at radius 1 is 1.28 bits per heavy atom. The molecule has 4 heteroatoms. The zero-order valence-electron chi connectivity index (χ0n) is 10.2. The SMILES string of the molecule is Cc1cccc(C(=O)Nc2c(C)ccnc2Cl)c1. The number of aromatic nitrogens is 1. The minimum absolute atomic E-state index is 0.184. The number of carbonyl (C=O) groups is 1. The summed E-state index contributed by atoms with van der Waals surface area (Å²) in [7, 11) is 0. The first-order valence-corrected chi connectivity index (χ1v) is 5.95. The van der Waals surface area contributed by atoms with Gasteiger partial charge in [-0.05, 0) is 37.6 Å². The number of nitrogens with one attached hydrogen (secondary N) is 1. The monoisotopic (exact) mass is 260 g/mol. The Labute approximate surface area is 111 Å². The van der Waals surface area contributed by atoms with Crippen LogP contribution in [0.25, 0.3) is 0 Å². The van der Waals surface area contributed by atoms with Crippen LogP contribution in [-0.4, -0.2) is 10.9 Å². The van der Waals surface area contributed by atoms with Crippen LogP contribution >= 0.6 is 11.6 Å². The van der Waals surface area contributed by atoms with Crippen molar-refractivity contribution in [1.29, 1.82) is 0 Å². The van der Waals surface area contributed by atoms with Crippen LogP contribution < -0.4 is 5.32 Å². The van der Waals surface area contributed by atoms with Crippen LogP contribution in [0, 0.1) is 13.8 Å². The molecule has 1 amide bonds. The van der Waals surface area contributed by atoms with E-state index in [0.717, 1.165) is 11.1 Å². The van der Waals surface area contributed by atoms with Crippen LogP contribution in [0.1, 0.15) is 21.5 Å². The average Bonchev–Trinajstić information content (AvgIpc) is 2.34. The fraction of sp³-hybridized carbons (Fsp3) is 0.143. The van der Waals surface area contributed by atoms with Crippen molar-refractivity contribution in [3.8, 4) is 0 Å². The topological polar surface area (TPSA) is 42.0 Å². The van der Waals surface area contributed by atoms with Gasteiger partial charge < -0.3 is 5.32 Å². The van der Waals surface area contributed by atoms with Gasteiger partial charge in [-0.25, -0.2) is 4.98 Å². The van der Waals surface area contributed by atoms with Gasteiger partial charge in [-0.3, -0.25) is 4.79 Å². The third-order valence-electron chi connectivity index (χ3n) is 2.63. The number of amides is 1. The minimum Gasteiger partial charge on any atom is -0.319 e. The van der Waals surface area contributed by atoms with Crippen LogP contribution in [-0.2, 0) is 0 Å². The number of pyridine rings is 1. The van der Waals surface area contributed by atoms with E-state index in [1.807, 2.05) is 32.0 Å². The molecule has 1 aromatic carbocycles. The molecule has 0 radical (unpaired) electrons. The summed E-state index contributed by atoms with van der Waals surface area (Å²) >= 11 is 5.97. The maximum Gasteiger partial charge on any atom is 0.255 e. The maximum atomic E-state index is 12.1. The fourth-order valence-corrected chi connectivity index (χ4v) is 1.90. The van der Waals surface area contributed by atoms with E-state index in [2.05, 4.69) is 10.3 Å². The Kier molecular flexibility index (Phi) is 3.63. The molecule has 0 aliphatic carbocycles.